The number of piperidine rings is 1. The number of nitrogens with one attached hydrogen (secondary N) is 1. The first-order chi connectivity index (χ1) is 14.2. The summed E-state index contributed by atoms with van der Waals surface area (Å²) in [7, 11) is 1.63. The lowest BCUT2D eigenvalue weighted by molar-refractivity contribution is 0.131. The maximum Gasteiger partial charge on any atom is 0.318 e. The van der Waals surface area contributed by atoms with E-state index in [0.717, 1.165) is 36.1 Å². The van der Waals surface area contributed by atoms with Gasteiger partial charge in [-0.2, -0.15) is 4.98 Å². The number of carbonyl (C=O) groups excluding carboxylic acids is 1. The standard InChI is InChI=1S/C21H23N5O3/c1-28-17-6-4-5-15(13-17)14-23-21(27)26-12-3-2-7-18(26)20-24-19(25-29-20)16-8-10-22-11-9-16/h4-6,8-11,13,18H,2-3,7,12,14H2,1H3,(H,23,27)/t18-/m0/s1. The third kappa shape index (κ3) is 4.37. The highest BCUT2D eigenvalue weighted by atomic mass is 16.5. The highest BCUT2D eigenvalue weighted by Crippen LogP contribution is 2.31. The fourth-order valence-electron chi connectivity index (χ4n) is 3.48. The lowest BCUT2D eigenvalue weighted by Gasteiger charge is -2.33. The molecule has 0 radical (unpaired) electrons. The number of carbonyl (C=O) groups is 1. The van der Waals surface area contributed by atoms with Crippen molar-refractivity contribution in [1.29, 1.82) is 0 Å². The summed E-state index contributed by atoms with van der Waals surface area (Å²) in [5.41, 5.74) is 1.81. The van der Waals surface area contributed by atoms with Crippen molar-refractivity contribution in [3.8, 4) is 17.1 Å². The highest BCUT2D eigenvalue weighted by Gasteiger charge is 2.32. The van der Waals surface area contributed by atoms with Crippen molar-refractivity contribution in [2.75, 3.05) is 13.7 Å². The zero-order valence-electron chi connectivity index (χ0n) is 16.2. The van der Waals surface area contributed by atoms with Crippen LogP contribution in [0.3, 0.4) is 0 Å². The van der Waals surface area contributed by atoms with Gasteiger partial charge in [-0.3, -0.25) is 4.98 Å². The Morgan fingerprint density at radius 3 is 2.97 bits per heavy atom. The molecular weight excluding hydrogens is 370 g/mol. The van der Waals surface area contributed by atoms with Crippen LogP contribution in [0.15, 0.2) is 53.3 Å². The van der Waals surface area contributed by atoms with Gasteiger partial charge in [0.2, 0.25) is 11.7 Å². The van der Waals surface area contributed by atoms with Crippen LogP contribution in [0, 0.1) is 0 Å². The molecule has 1 saturated heterocycles. The molecule has 150 valence electrons. The molecule has 0 aliphatic carbocycles. The molecule has 0 bridgehead atoms. The molecule has 3 heterocycles. The van der Waals surface area contributed by atoms with E-state index >= 15 is 0 Å². The van der Waals surface area contributed by atoms with Crippen molar-refractivity contribution in [2.45, 2.75) is 31.8 Å². The number of rotatable bonds is 5. The number of nitrogens with zero attached hydrogens (tertiary/aromatic N) is 4. The fourth-order valence-corrected chi connectivity index (χ4v) is 3.48. The van der Waals surface area contributed by atoms with E-state index in [1.54, 1.807) is 24.4 Å². The van der Waals surface area contributed by atoms with E-state index < -0.39 is 0 Å². The molecular formula is C21H23N5O3. The number of pyridine rings is 1. The van der Waals surface area contributed by atoms with E-state index in [0.29, 0.717) is 24.8 Å². The normalized spacial score (nSPS) is 16.4. The number of likely N-dealkylation sites (tertiary alicyclic amines) is 1. The highest BCUT2D eigenvalue weighted by molar-refractivity contribution is 5.74. The second kappa shape index (κ2) is 8.72. The van der Waals surface area contributed by atoms with Crippen molar-refractivity contribution < 1.29 is 14.1 Å². The van der Waals surface area contributed by atoms with E-state index in [9.17, 15) is 4.79 Å². The lowest BCUT2D eigenvalue weighted by Crippen LogP contribution is -2.44. The number of hydrogen-bond acceptors (Lipinski definition) is 6. The minimum atomic E-state index is -0.225. The van der Waals surface area contributed by atoms with Crippen LogP contribution in [0.25, 0.3) is 11.4 Å². The van der Waals surface area contributed by atoms with Gasteiger partial charge in [-0.1, -0.05) is 17.3 Å². The molecule has 1 fully saturated rings. The van der Waals surface area contributed by atoms with Crippen LogP contribution < -0.4 is 10.1 Å². The summed E-state index contributed by atoms with van der Waals surface area (Å²) in [4.78, 5) is 23.2. The molecule has 1 aliphatic rings. The lowest BCUT2D eigenvalue weighted by atomic mass is 10.0. The molecule has 1 aliphatic heterocycles. The van der Waals surface area contributed by atoms with Crippen molar-refractivity contribution in [3.05, 3.63) is 60.2 Å². The van der Waals surface area contributed by atoms with Gasteiger partial charge in [0, 0.05) is 31.0 Å². The Labute approximate surface area is 168 Å². The molecule has 0 spiro atoms. The Bertz CT molecular complexity index is 960. The largest absolute Gasteiger partial charge is 0.497 e. The minimum absolute atomic E-state index is 0.138. The average Bonchev–Trinajstić information content (AvgIpc) is 3.28. The zero-order valence-corrected chi connectivity index (χ0v) is 16.2. The first kappa shape index (κ1) is 18.9. The summed E-state index contributed by atoms with van der Waals surface area (Å²) < 4.78 is 10.7. The van der Waals surface area contributed by atoms with Crippen molar-refractivity contribution in [2.24, 2.45) is 0 Å². The quantitative estimate of drug-likeness (QED) is 0.712. The van der Waals surface area contributed by atoms with Crippen molar-refractivity contribution in [1.82, 2.24) is 25.3 Å². The second-order valence-corrected chi connectivity index (χ2v) is 6.91. The first-order valence-electron chi connectivity index (χ1n) is 9.66. The molecule has 29 heavy (non-hydrogen) atoms. The maximum atomic E-state index is 12.9. The monoisotopic (exact) mass is 393 g/mol. The van der Waals surface area contributed by atoms with Crippen LogP contribution in [0.5, 0.6) is 5.75 Å². The summed E-state index contributed by atoms with van der Waals surface area (Å²) in [5.74, 6) is 1.74. The third-order valence-corrected chi connectivity index (χ3v) is 5.01. The number of methoxy groups -OCH3 is 1. The molecule has 3 aromatic rings. The van der Waals surface area contributed by atoms with Gasteiger partial charge in [0.1, 0.15) is 11.8 Å². The summed E-state index contributed by atoms with van der Waals surface area (Å²) in [6, 6.07) is 10.9. The Kier molecular flexibility index (Phi) is 5.69. The molecule has 0 unspecified atom stereocenters. The fraction of sp³-hybridized carbons (Fsp3) is 0.333. The maximum absolute atomic E-state index is 12.9. The van der Waals surface area contributed by atoms with Crippen LogP contribution in [-0.4, -0.2) is 39.7 Å². The van der Waals surface area contributed by atoms with Crippen LogP contribution in [0.4, 0.5) is 4.79 Å². The van der Waals surface area contributed by atoms with E-state index in [-0.39, 0.29) is 12.1 Å². The number of aromatic nitrogens is 3. The smallest absolute Gasteiger partial charge is 0.318 e. The number of urea groups is 1. The average molecular weight is 393 g/mol. The molecule has 4 rings (SSSR count). The van der Waals surface area contributed by atoms with Crippen molar-refractivity contribution >= 4 is 6.03 Å². The SMILES string of the molecule is COc1cccc(CNC(=O)N2CCCC[C@H]2c2nc(-c3ccncc3)no2)c1. The summed E-state index contributed by atoms with van der Waals surface area (Å²) >= 11 is 0. The third-order valence-electron chi connectivity index (χ3n) is 5.01. The van der Waals surface area contributed by atoms with E-state index in [1.165, 1.54) is 0 Å². The van der Waals surface area contributed by atoms with Gasteiger partial charge in [0.05, 0.1) is 7.11 Å². The Morgan fingerprint density at radius 1 is 1.28 bits per heavy atom. The molecule has 8 nitrogen and oxygen atoms in total. The van der Waals surface area contributed by atoms with Gasteiger partial charge in [-0.05, 0) is 49.1 Å². The zero-order chi connectivity index (χ0) is 20.1. The van der Waals surface area contributed by atoms with Crippen LogP contribution >= 0.6 is 0 Å². The molecule has 8 heteroatoms. The van der Waals surface area contributed by atoms with Gasteiger partial charge in [0.15, 0.2) is 0 Å². The Hall–Kier alpha value is -3.42. The van der Waals surface area contributed by atoms with E-state index in [1.807, 2.05) is 36.4 Å². The second-order valence-electron chi connectivity index (χ2n) is 6.91. The predicted octanol–water partition coefficient (Wildman–Crippen LogP) is 3.58. The number of amides is 2. The summed E-state index contributed by atoms with van der Waals surface area (Å²) in [6.07, 6.45) is 6.13. The number of benzene rings is 1. The van der Waals surface area contributed by atoms with Crippen LogP contribution in [-0.2, 0) is 6.54 Å². The van der Waals surface area contributed by atoms with E-state index in [4.69, 9.17) is 9.26 Å². The van der Waals surface area contributed by atoms with Gasteiger partial charge in [-0.25, -0.2) is 4.79 Å². The predicted molar refractivity (Wildman–Crippen MR) is 106 cm³/mol. The number of ether oxygens (including phenoxy) is 1. The molecule has 1 aromatic carbocycles. The van der Waals surface area contributed by atoms with Crippen LogP contribution in [0.1, 0.15) is 36.8 Å². The van der Waals surface area contributed by atoms with Gasteiger partial charge < -0.3 is 19.5 Å². The van der Waals surface area contributed by atoms with Gasteiger partial charge >= 0.3 is 6.03 Å². The molecule has 0 saturated carbocycles. The number of hydrogen-bond donors (Lipinski definition) is 1. The Morgan fingerprint density at radius 2 is 2.14 bits per heavy atom. The molecule has 2 amide bonds. The molecule has 1 N–H and O–H groups in total. The summed E-state index contributed by atoms with van der Waals surface area (Å²) in [5, 5.41) is 7.07. The van der Waals surface area contributed by atoms with Crippen LogP contribution in [0.2, 0.25) is 0 Å². The Balaban J connectivity index is 1.46. The molecule has 1 atom stereocenters. The minimum Gasteiger partial charge on any atom is -0.497 e. The van der Waals surface area contributed by atoms with Gasteiger partial charge in [0.25, 0.3) is 0 Å². The summed E-state index contributed by atoms with van der Waals surface area (Å²) in [6.45, 7) is 1.08. The topological polar surface area (TPSA) is 93.4 Å². The van der Waals surface area contributed by atoms with Gasteiger partial charge in [-0.15, -0.1) is 0 Å². The van der Waals surface area contributed by atoms with Crippen molar-refractivity contribution in [3.63, 3.8) is 0 Å². The molecule has 2 aromatic heterocycles. The first-order valence-corrected chi connectivity index (χ1v) is 9.66. The van der Waals surface area contributed by atoms with E-state index in [2.05, 4.69) is 20.4 Å².